The molecule has 2 aliphatic rings. The smallest absolute Gasteiger partial charge is 0.491 e. The Kier molecular flexibility index (Phi) is 18.9. The Balaban J connectivity index is 1.50. The lowest BCUT2D eigenvalue weighted by Crippen LogP contribution is -2.57. The molecule has 2 fully saturated rings. The number of amides is 4. The summed E-state index contributed by atoms with van der Waals surface area (Å²) in [7, 11) is 0.472. The van der Waals surface area contributed by atoms with E-state index in [1.165, 1.54) is 12.0 Å². The summed E-state index contributed by atoms with van der Waals surface area (Å²) in [5.74, 6) is -1.33. The first kappa shape index (κ1) is 56.8. The second-order valence-corrected chi connectivity index (χ2v) is 22.1. The van der Waals surface area contributed by atoms with Gasteiger partial charge in [-0.05, 0) is 159 Å². The standard InChI is InChI=1S/C52H72BIN4O13/c1-31(2)66-42-22-20-36(53-70-50(8,9)51(10,11)71-53)24-34(42)27-41(46(61)64-14)56-45(60)40(28-38-29-58(52(12,13)68-38)48(63)65-30-33-18-16-15-17-19-33)55-44(59)39(57-47(62)69-49(5,6)7)26-35-25-37(54)21-23-43(35)67-32(3)4/h15-25,31-32,38-41H,26-30H2,1-14H3,(H,55,59)(H,56,60)(H,57,62)/t38-,39+,40+,41+/m1/s1. The number of halogens is 1. The molecule has 17 nitrogen and oxygen atoms in total. The molecule has 2 aliphatic heterocycles. The average Bonchev–Trinajstić information content (AvgIpc) is 3.69. The Morgan fingerprint density at radius 1 is 0.761 bits per heavy atom. The van der Waals surface area contributed by atoms with Gasteiger partial charge in [0.05, 0.1) is 43.2 Å². The van der Waals surface area contributed by atoms with Crippen molar-refractivity contribution in [2.75, 3.05) is 13.7 Å². The highest BCUT2D eigenvalue weighted by molar-refractivity contribution is 14.1. The fraction of sp³-hybridized carbons (Fsp3) is 0.558. The summed E-state index contributed by atoms with van der Waals surface area (Å²) in [6, 6.07) is 16.1. The van der Waals surface area contributed by atoms with Crippen LogP contribution in [0.5, 0.6) is 11.5 Å². The van der Waals surface area contributed by atoms with Gasteiger partial charge in [0.1, 0.15) is 47.6 Å². The van der Waals surface area contributed by atoms with Crippen molar-refractivity contribution in [3.63, 3.8) is 0 Å². The number of ether oxygens (including phenoxy) is 6. The normalized spacial score (nSPS) is 18.3. The Morgan fingerprint density at radius 3 is 1.89 bits per heavy atom. The zero-order valence-corrected chi connectivity index (χ0v) is 45.7. The molecule has 4 atom stereocenters. The van der Waals surface area contributed by atoms with E-state index in [-0.39, 0.29) is 44.6 Å². The molecule has 0 aliphatic carbocycles. The van der Waals surface area contributed by atoms with Gasteiger partial charge in [-0.1, -0.05) is 42.5 Å². The fourth-order valence-corrected chi connectivity index (χ4v) is 8.51. The van der Waals surface area contributed by atoms with Crippen molar-refractivity contribution in [2.45, 2.75) is 175 Å². The number of carbonyl (C=O) groups excluding carboxylic acids is 5. The zero-order chi connectivity index (χ0) is 52.6. The highest BCUT2D eigenvalue weighted by atomic mass is 127. The van der Waals surface area contributed by atoms with E-state index in [4.69, 9.17) is 37.7 Å². The summed E-state index contributed by atoms with van der Waals surface area (Å²) in [6.07, 6.45) is -3.13. The van der Waals surface area contributed by atoms with E-state index in [0.717, 1.165) is 9.13 Å². The third-order valence-electron chi connectivity index (χ3n) is 12.1. The zero-order valence-electron chi connectivity index (χ0n) is 43.6. The third kappa shape index (κ3) is 15.9. The van der Waals surface area contributed by atoms with Gasteiger partial charge in [-0.25, -0.2) is 14.4 Å². The molecule has 3 N–H and O–H groups in total. The molecule has 388 valence electrons. The summed E-state index contributed by atoms with van der Waals surface area (Å²) >= 11 is 2.15. The molecule has 0 aromatic heterocycles. The molecule has 2 heterocycles. The maximum absolute atomic E-state index is 14.9. The average molecular weight is 1100 g/mol. The minimum absolute atomic E-state index is 0.0136. The van der Waals surface area contributed by atoms with Crippen LogP contribution in [0, 0.1) is 3.57 Å². The lowest BCUT2D eigenvalue weighted by molar-refractivity contribution is -0.145. The Bertz CT molecular complexity index is 2340. The van der Waals surface area contributed by atoms with Crippen LogP contribution in [0.25, 0.3) is 0 Å². The highest BCUT2D eigenvalue weighted by Crippen LogP contribution is 2.37. The number of esters is 1. The van der Waals surface area contributed by atoms with Crippen molar-refractivity contribution in [3.05, 3.63) is 87.0 Å². The number of hydrogen-bond acceptors (Lipinski definition) is 13. The molecule has 0 bridgehead atoms. The van der Waals surface area contributed by atoms with E-state index in [1.54, 1.807) is 46.8 Å². The van der Waals surface area contributed by atoms with E-state index >= 15 is 0 Å². The monoisotopic (exact) mass is 1100 g/mol. The summed E-state index contributed by atoms with van der Waals surface area (Å²) in [4.78, 5) is 71.9. The Morgan fingerprint density at radius 2 is 1.31 bits per heavy atom. The molecule has 19 heteroatoms. The van der Waals surface area contributed by atoms with Crippen LogP contribution in [0.15, 0.2) is 66.7 Å². The van der Waals surface area contributed by atoms with Crippen LogP contribution in [-0.4, -0.2) is 115 Å². The highest BCUT2D eigenvalue weighted by Gasteiger charge is 2.52. The quantitative estimate of drug-likeness (QED) is 0.0474. The molecular formula is C52H72BIN4O13. The SMILES string of the molecule is COC(=O)[C@H](Cc1cc(B2OC(C)(C)C(C)(C)O2)ccc1OC(C)C)NC(=O)[C@H](C[C@@H]1CN(C(=O)OCc2ccccc2)C(C)(C)O1)NC(=O)[C@H](Cc1cc(I)ccc1OC(C)C)NC(=O)OC(C)(C)C. The first-order valence-electron chi connectivity index (χ1n) is 24.0. The molecule has 0 unspecified atom stereocenters. The van der Waals surface area contributed by atoms with Crippen molar-refractivity contribution in [1.82, 2.24) is 20.9 Å². The molecule has 4 amide bonds. The van der Waals surface area contributed by atoms with Crippen LogP contribution < -0.4 is 30.9 Å². The van der Waals surface area contributed by atoms with E-state index in [2.05, 4.69) is 38.5 Å². The first-order valence-corrected chi connectivity index (χ1v) is 25.1. The minimum Gasteiger partial charge on any atom is -0.491 e. The van der Waals surface area contributed by atoms with Crippen molar-refractivity contribution in [2.24, 2.45) is 0 Å². The second-order valence-electron chi connectivity index (χ2n) is 20.9. The van der Waals surface area contributed by atoms with Crippen molar-refractivity contribution in [1.29, 1.82) is 0 Å². The molecule has 5 rings (SSSR count). The molecule has 0 spiro atoms. The lowest BCUT2D eigenvalue weighted by Gasteiger charge is -2.32. The van der Waals surface area contributed by atoms with Crippen LogP contribution in [0.4, 0.5) is 9.59 Å². The van der Waals surface area contributed by atoms with Gasteiger partial charge >= 0.3 is 25.3 Å². The Labute approximate surface area is 432 Å². The van der Waals surface area contributed by atoms with Crippen molar-refractivity contribution >= 4 is 65.1 Å². The number of methoxy groups -OCH3 is 1. The topological polar surface area (TPSA) is 199 Å². The van der Waals surface area contributed by atoms with Gasteiger partial charge in [-0.2, -0.15) is 0 Å². The van der Waals surface area contributed by atoms with Crippen LogP contribution in [0.1, 0.15) is 113 Å². The predicted octanol–water partition coefficient (Wildman–Crippen LogP) is 7.15. The maximum atomic E-state index is 14.9. The minimum atomic E-state index is -1.41. The summed E-state index contributed by atoms with van der Waals surface area (Å²) in [5, 5.41) is 8.42. The number of nitrogens with one attached hydrogen (secondary N) is 3. The summed E-state index contributed by atoms with van der Waals surface area (Å²) < 4.78 is 48.8. The molecule has 71 heavy (non-hydrogen) atoms. The molecule has 3 aromatic rings. The first-order chi connectivity index (χ1) is 33.1. The van der Waals surface area contributed by atoms with Gasteiger partial charge in [-0.15, -0.1) is 0 Å². The largest absolute Gasteiger partial charge is 0.494 e. The van der Waals surface area contributed by atoms with E-state index in [9.17, 15) is 24.0 Å². The second kappa shape index (κ2) is 23.6. The molecule has 0 saturated carbocycles. The number of nitrogens with zero attached hydrogens (tertiary/aromatic N) is 1. The van der Waals surface area contributed by atoms with Gasteiger partial charge < -0.3 is 53.7 Å². The van der Waals surface area contributed by atoms with Crippen molar-refractivity contribution < 1.29 is 61.7 Å². The van der Waals surface area contributed by atoms with Crippen LogP contribution >= 0.6 is 22.6 Å². The number of benzene rings is 3. The molecule has 0 radical (unpaired) electrons. The Hall–Kier alpha value is -5.12. The molecular weight excluding hydrogens is 1030 g/mol. The van der Waals surface area contributed by atoms with Gasteiger partial charge in [0.2, 0.25) is 11.8 Å². The summed E-state index contributed by atoms with van der Waals surface area (Å²) in [5.41, 5.74) is -0.736. The predicted molar refractivity (Wildman–Crippen MR) is 276 cm³/mol. The maximum Gasteiger partial charge on any atom is 0.494 e. The van der Waals surface area contributed by atoms with E-state index < -0.39 is 83.8 Å². The number of hydrogen-bond donors (Lipinski definition) is 3. The van der Waals surface area contributed by atoms with Gasteiger partial charge in [0, 0.05) is 22.8 Å². The van der Waals surface area contributed by atoms with Gasteiger partial charge in [0.15, 0.2) is 0 Å². The number of carbonyl (C=O) groups is 5. The van der Waals surface area contributed by atoms with Crippen LogP contribution in [-0.2, 0) is 62.1 Å². The number of rotatable bonds is 19. The number of alkyl carbamates (subject to hydrolysis) is 1. The van der Waals surface area contributed by atoms with Crippen LogP contribution in [0.3, 0.4) is 0 Å². The fourth-order valence-electron chi connectivity index (χ4n) is 7.95. The van der Waals surface area contributed by atoms with E-state index in [0.29, 0.717) is 28.1 Å². The third-order valence-corrected chi connectivity index (χ3v) is 12.7. The summed E-state index contributed by atoms with van der Waals surface area (Å²) in [6.45, 7) is 23.8. The van der Waals surface area contributed by atoms with Crippen LogP contribution in [0.2, 0.25) is 0 Å². The van der Waals surface area contributed by atoms with Gasteiger partial charge in [-0.3, -0.25) is 14.5 Å². The van der Waals surface area contributed by atoms with Crippen molar-refractivity contribution in [3.8, 4) is 11.5 Å². The molecule has 3 aromatic carbocycles. The van der Waals surface area contributed by atoms with Gasteiger partial charge in [0.25, 0.3) is 0 Å². The lowest BCUT2D eigenvalue weighted by atomic mass is 9.78. The van der Waals surface area contributed by atoms with E-state index in [1.807, 2.05) is 110 Å². The molecule has 2 saturated heterocycles.